The number of rotatable bonds is 3. The standard InChI is InChI=1S/C12H11N5OS/c1-8-5-10(18)16-12(14-8)19-7-9-6-17-4-2-3-13-11(17)15-9/h2-6H,7H2,1H3,(H,14,16,18). The summed E-state index contributed by atoms with van der Waals surface area (Å²) in [5.41, 5.74) is 1.47. The van der Waals surface area contributed by atoms with Crippen molar-refractivity contribution in [2.24, 2.45) is 0 Å². The highest BCUT2D eigenvalue weighted by atomic mass is 32.2. The van der Waals surface area contributed by atoms with E-state index >= 15 is 0 Å². The minimum atomic E-state index is -0.133. The molecule has 6 nitrogen and oxygen atoms in total. The van der Waals surface area contributed by atoms with Crippen molar-refractivity contribution in [3.8, 4) is 0 Å². The van der Waals surface area contributed by atoms with E-state index in [2.05, 4.69) is 19.9 Å². The highest BCUT2D eigenvalue weighted by Gasteiger charge is 2.04. The summed E-state index contributed by atoms with van der Waals surface area (Å²) in [6.45, 7) is 1.80. The van der Waals surface area contributed by atoms with Crippen LogP contribution < -0.4 is 5.56 Å². The van der Waals surface area contributed by atoms with Gasteiger partial charge in [0.1, 0.15) is 0 Å². The molecule has 0 aliphatic heterocycles. The van der Waals surface area contributed by atoms with Gasteiger partial charge in [0.2, 0.25) is 5.78 Å². The van der Waals surface area contributed by atoms with E-state index in [-0.39, 0.29) is 5.56 Å². The Bertz CT molecular complexity index is 746. The highest BCUT2D eigenvalue weighted by Crippen LogP contribution is 2.17. The van der Waals surface area contributed by atoms with Gasteiger partial charge in [0.15, 0.2) is 5.16 Å². The minimum Gasteiger partial charge on any atom is -0.301 e. The first-order chi connectivity index (χ1) is 9.20. The maximum absolute atomic E-state index is 11.3. The van der Waals surface area contributed by atoms with E-state index in [0.29, 0.717) is 22.4 Å². The molecule has 0 fully saturated rings. The van der Waals surface area contributed by atoms with Crippen molar-refractivity contribution in [2.75, 3.05) is 0 Å². The predicted molar refractivity (Wildman–Crippen MR) is 72.1 cm³/mol. The van der Waals surface area contributed by atoms with Crippen LogP contribution in [0.15, 0.2) is 40.7 Å². The molecular weight excluding hydrogens is 262 g/mol. The van der Waals surface area contributed by atoms with Crippen molar-refractivity contribution >= 4 is 17.5 Å². The molecular formula is C12H11N5OS. The van der Waals surface area contributed by atoms with Gasteiger partial charge in [0.25, 0.3) is 5.56 Å². The van der Waals surface area contributed by atoms with Gasteiger partial charge in [-0.2, -0.15) is 0 Å². The third kappa shape index (κ3) is 2.65. The van der Waals surface area contributed by atoms with E-state index in [1.807, 2.05) is 22.9 Å². The van der Waals surface area contributed by atoms with Gasteiger partial charge in [0, 0.05) is 36.1 Å². The normalized spacial score (nSPS) is 11.0. The molecule has 0 bridgehead atoms. The van der Waals surface area contributed by atoms with Crippen LogP contribution in [0.5, 0.6) is 0 Å². The molecule has 0 spiro atoms. The molecule has 96 valence electrons. The molecule has 7 heteroatoms. The van der Waals surface area contributed by atoms with Crippen LogP contribution in [0, 0.1) is 6.92 Å². The van der Waals surface area contributed by atoms with E-state index in [0.717, 1.165) is 5.69 Å². The topological polar surface area (TPSA) is 75.9 Å². The van der Waals surface area contributed by atoms with Crippen molar-refractivity contribution in [1.29, 1.82) is 0 Å². The smallest absolute Gasteiger partial charge is 0.251 e. The molecule has 0 saturated carbocycles. The highest BCUT2D eigenvalue weighted by molar-refractivity contribution is 7.98. The summed E-state index contributed by atoms with van der Waals surface area (Å²) in [5, 5.41) is 0.606. The number of imidazole rings is 1. The number of H-pyrrole nitrogens is 1. The third-order valence-electron chi connectivity index (χ3n) is 2.49. The number of nitrogens with one attached hydrogen (secondary N) is 1. The number of aryl methyl sites for hydroxylation is 1. The largest absolute Gasteiger partial charge is 0.301 e. The van der Waals surface area contributed by atoms with Crippen molar-refractivity contribution in [3.63, 3.8) is 0 Å². The van der Waals surface area contributed by atoms with Gasteiger partial charge in [0.05, 0.1) is 5.69 Å². The van der Waals surface area contributed by atoms with Crippen molar-refractivity contribution in [1.82, 2.24) is 24.3 Å². The summed E-state index contributed by atoms with van der Waals surface area (Å²) in [6.07, 6.45) is 5.53. The summed E-state index contributed by atoms with van der Waals surface area (Å²) >= 11 is 1.45. The molecule has 1 N–H and O–H groups in total. The molecule has 0 aliphatic rings. The zero-order valence-electron chi connectivity index (χ0n) is 10.2. The number of thioether (sulfide) groups is 1. The average molecular weight is 273 g/mol. The summed E-state index contributed by atoms with van der Waals surface area (Å²) in [7, 11) is 0. The lowest BCUT2D eigenvalue weighted by Gasteiger charge is -1.99. The van der Waals surface area contributed by atoms with E-state index in [1.54, 1.807) is 13.1 Å². The Kier molecular flexibility index (Phi) is 3.04. The van der Waals surface area contributed by atoms with Crippen LogP contribution in [0.3, 0.4) is 0 Å². The zero-order valence-corrected chi connectivity index (χ0v) is 11.0. The molecule has 3 rings (SSSR count). The second kappa shape index (κ2) is 4.85. The molecule has 0 amide bonds. The number of aromatic nitrogens is 5. The molecule has 0 radical (unpaired) electrons. The number of nitrogens with zero attached hydrogens (tertiary/aromatic N) is 4. The maximum Gasteiger partial charge on any atom is 0.251 e. The fraction of sp³-hybridized carbons (Fsp3) is 0.167. The molecule has 0 aromatic carbocycles. The van der Waals surface area contributed by atoms with E-state index in [9.17, 15) is 4.79 Å². The molecule has 0 aliphatic carbocycles. The Morgan fingerprint density at radius 2 is 2.32 bits per heavy atom. The number of hydrogen-bond acceptors (Lipinski definition) is 5. The Morgan fingerprint density at radius 3 is 3.11 bits per heavy atom. The fourth-order valence-electron chi connectivity index (χ4n) is 1.71. The Morgan fingerprint density at radius 1 is 1.42 bits per heavy atom. The summed E-state index contributed by atoms with van der Waals surface area (Å²) in [4.78, 5) is 26.8. The molecule has 3 aromatic rings. The van der Waals surface area contributed by atoms with Crippen LogP contribution in [0.4, 0.5) is 0 Å². The molecule has 0 atom stereocenters. The summed E-state index contributed by atoms with van der Waals surface area (Å²) < 4.78 is 1.86. The SMILES string of the molecule is Cc1cc(=O)[nH]c(SCc2cn3cccnc3n2)n1. The maximum atomic E-state index is 11.3. The molecule has 3 aromatic heterocycles. The van der Waals surface area contributed by atoms with E-state index < -0.39 is 0 Å². The Hall–Kier alpha value is -2.15. The predicted octanol–water partition coefficient (Wildman–Crippen LogP) is 1.41. The van der Waals surface area contributed by atoms with Gasteiger partial charge >= 0.3 is 0 Å². The Balaban J connectivity index is 1.80. The monoisotopic (exact) mass is 273 g/mol. The molecule has 0 saturated heterocycles. The number of fused-ring (bicyclic) bond motifs is 1. The minimum absolute atomic E-state index is 0.133. The van der Waals surface area contributed by atoms with Crippen molar-refractivity contribution < 1.29 is 0 Å². The lowest BCUT2D eigenvalue weighted by atomic mass is 10.5. The third-order valence-corrected chi connectivity index (χ3v) is 3.40. The quantitative estimate of drug-likeness (QED) is 0.577. The van der Waals surface area contributed by atoms with Gasteiger partial charge < -0.3 is 4.98 Å². The first-order valence-corrected chi connectivity index (χ1v) is 6.69. The van der Waals surface area contributed by atoms with Crippen LogP contribution in [0.2, 0.25) is 0 Å². The van der Waals surface area contributed by atoms with E-state index in [4.69, 9.17) is 0 Å². The second-order valence-corrected chi connectivity index (χ2v) is 5.00. The van der Waals surface area contributed by atoms with Crippen molar-refractivity contribution in [3.05, 3.63) is 52.5 Å². The summed E-state index contributed by atoms with van der Waals surface area (Å²) in [5.74, 6) is 1.30. The van der Waals surface area contributed by atoms with Gasteiger partial charge in [-0.25, -0.2) is 15.0 Å². The first-order valence-electron chi connectivity index (χ1n) is 5.70. The van der Waals surface area contributed by atoms with Crippen LogP contribution in [-0.4, -0.2) is 24.3 Å². The van der Waals surface area contributed by atoms with E-state index in [1.165, 1.54) is 17.8 Å². The average Bonchev–Trinajstić information content (AvgIpc) is 2.78. The van der Waals surface area contributed by atoms with Crippen LogP contribution in [0.25, 0.3) is 5.78 Å². The molecule has 3 heterocycles. The number of aromatic amines is 1. The van der Waals surface area contributed by atoms with Crippen LogP contribution >= 0.6 is 11.8 Å². The molecule has 19 heavy (non-hydrogen) atoms. The summed E-state index contributed by atoms with van der Waals surface area (Å²) in [6, 6.07) is 3.32. The lowest BCUT2D eigenvalue weighted by Crippen LogP contribution is -2.08. The van der Waals surface area contributed by atoms with Crippen LogP contribution in [-0.2, 0) is 5.75 Å². The van der Waals surface area contributed by atoms with Crippen molar-refractivity contribution in [2.45, 2.75) is 17.8 Å². The fourth-order valence-corrected chi connectivity index (χ4v) is 2.52. The van der Waals surface area contributed by atoms with Gasteiger partial charge in [-0.05, 0) is 13.0 Å². The molecule has 0 unspecified atom stereocenters. The first kappa shape index (κ1) is 11.9. The van der Waals surface area contributed by atoms with Crippen LogP contribution in [0.1, 0.15) is 11.4 Å². The second-order valence-electron chi connectivity index (χ2n) is 4.04. The lowest BCUT2D eigenvalue weighted by molar-refractivity contribution is 0.904. The van der Waals surface area contributed by atoms with Gasteiger partial charge in [-0.15, -0.1) is 0 Å². The van der Waals surface area contributed by atoms with Gasteiger partial charge in [-0.1, -0.05) is 11.8 Å². The zero-order chi connectivity index (χ0) is 13.2. The number of hydrogen-bond donors (Lipinski definition) is 1. The Labute approximate surface area is 112 Å². The van der Waals surface area contributed by atoms with Gasteiger partial charge in [-0.3, -0.25) is 9.20 Å².